The van der Waals surface area contributed by atoms with E-state index >= 15 is 0 Å². The van der Waals surface area contributed by atoms with Crippen LogP contribution in [0, 0.1) is 17.0 Å². The molecule has 1 heterocycles. The molecule has 0 bridgehead atoms. The van der Waals surface area contributed by atoms with Crippen molar-refractivity contribution in [3.63, 3.8) is 0 Å². The van der Waals surface area contributed by atoms with Crippen molar-refractivity contribution >= 4 is 5.69 Å². The summed E-state index contributed by atoms with van der Waals surface area (Å²) < 4.78 is 44.8. The van der Waals surface area contributed by atoms with Gasteiger partial charge in [0.15, 0.2) is 23.9 Å². The lowest BCUT2D eigenvalue weighted by Gasteiger charge is -2.10. The number of ether oxygens (including phenoxy) is 3. The van der Waals surface area contributed by atoms with Gasteiger partial charge >= 0.3 is 12.3 Å². The number of nitrogens with zero attached hydrogens (tertiary/aromatic N) is 3. The Bertz CT molecular complexity index is 1020. The Morgan fingerprint density at radius 2 is 1.97 bits per heavy atom. The molecule has 0 fully saturated rings. The highest BCUT2D eigenvalue weighted by molar-refractivity contribution is 5.60. The third-order valence-corrected chi connectivity index (χ3v) is 3.77. The van der Waals surface area contributed by atoms with Crippen molar-refractivity contribution < 1.29 is 32.4 Å². The Labute approximate surface area is 163 Å². The fourth-order valence-electron chi connectivity index (χ4n) is 2.46. The van der Waals surface area contributed by atoms with Crippen molar-refractivity contribution in [2.75, 3.05) is 7.11 Å². The number of benzene rings is 2. The molecular weight excluding hydrogens is 392 g/mol. The van der Waals surface area contributed by atoms with E-state index in [1.165, 1.54) is 37.4 Å². The third kappa shape index (κ3) is 4.75. The molecule has 0 aliphatic carbocycles. The predicted molar refractivity (Wildman–Crippen MR) is 95.1 cm³/mol. The minimum Gasteiger partial charge on any atom is -0.493 e. The first-order valence-electron chi connectivity index (χ1n) is 8.21. The van der Waals surface area contributed by atoms with Gasteiger partial charge in [-0.15, -0.1) is 0 Å². The van der Waals surface area contributed by atoms with E-state index in [1.54, 1.807) is 13.0 Å². The van der Waals surface area contributed by atoms with E-state index in [4.69, 9.17) is 14.0 Å². The van der Waals surface area contributed by atoms with Crippen LogP contribution in [-0.2, 0) is 6.61 Å². The van der Waals surface area contributed by atoms with Gasteiger partial charge in [-0.25, -0.2) is 0 Å². The fourth-order valence-corrected chi connectivity index (χ4v) is 2.46. The van der Waals surface area contributed by atoms with Crippen LogP contribution in [0.3, 0.4) is 0 Å². The van der Waals surface area contributed by atoms with E-state index in [1.807, 2.05) is 0 Å². The molecule has 3 aromatic rings. The molecule has 0 atom stereocenters. The zero-order valence-corrected chi connectivity index (χ0v) is 15.3. The molecule has 2 aromatic carbocycles. The number of aromatic nitrogens is 2. The molecule has 0 amide bonds. The van der Waals surface area contributed by atoms with Crippen LogP contribution in [0.4, 0.5) is 14.5 Å². The fraction of sp³-hybridized carbons (Fsp3) is 0.222. The van der Waals surface area contributed by atoms with Crippen molar-refractivity contribution in [3.8, 4) is 28.6 Å². The van der Waals surface area contributed by atoms with Gasteiger partial charge in [-0.2, -0.15) is 13.8 Å². The molecule has 0 aliphatic heterocycles. The molecule has 0 saturated carbocycles. The molecule has 11 heteroatoms. The minimum atomic E-state index is -2.99. The lowest BCUT2D eigenvalue weighted by atomic mass is 10.2. The number of hydrogen-bond acceptors (Lipinski definition) is 8. The predicted octanol–water partition coefficient (Wildman–Crippen LogP) is 4.14. The summed E-state index contributed by atoms with van der Waals surface area (Å²) in [5.41, 5.74) is 1.03. The monoisotopic (exact) mass is 407 g/mol. The first-order valence-corrected chi connectivity index (χ1v) is 8.21. The molecule has 9 nitrogen and oxygen atoms in total. The van der Waals surface area contributed by atoms with Crippen LogP contribution in [0.25, 0.3) is 11.4 Å². The maximum absolute atomic E-state index is 12.4. The number of methoxy groups -OCH3 is 1. The van der Waals surface area contributed by atoms with Crippen molar-refractivity contribution in [3.05, 3.63) is 58.0 Å². The Kier molecular flexibility index (Phi) is 5.86. The van der Waals surface area contributed by atoms with Gasteiger partial charge in [-0.05, 0) is 36.8 Å². The Hall–Kier alpha value is -3.76. The van der Waals surface area contributed by atoms with Crippen molar-refractivity contribution in [2.45, 2.75) is 20.1 Å². The normalized spacial score (nSPS) is 10.8. The number of halogens is 2. The molecule has 1 aromatic heterocycles. The van der Waals surface area contributed by atoms with Crippen LogP contribution in [0.15, 0.2) is 40.9 Å². The Morgan fingerprint density at radius 1 is 1.17 bits per heavy atom. The summed E-state index contributed by atoms with van der Waals surface area (Å²) in [4.78, 5) is 14.7. The summed E-state index contributed by atoms with van der Waals surface area (Å²) in [6, 6.07) is 8.65. The van der Waals surface area contributed by atoms with Gasteiger partial charge < -0.3 is 18.7 Å². The third-order valence-electron chi connectivity index (χ3n) is 3.77. The highest BCUT2D eigenvalue weighted by atomic mass is 19.3. The average Bonchev–Trinajstić information content (AvgIpc) is 3.15. The number of nitro benzene ring substituents is 1. The average molecular weight is 407 g/mol. The lowest BCUT2D eigenvalue weighted by Crippen LogP contribution is -2.03. The molecule has 0 N–H and O–H groups in total. The topological polar surface area (TPSA) is 110 Å². The summed E-state index contributed by atoms with van der Waals surface area (Å²) in [5.74, 6) is 0.239. The quantitative estimate of drug-likeness (QED) is 0.405. The summed E-state index contributed by atoms with van der Waals surface area (Å²) in [6.45, 7) is -1.41. The largest absolute Gasteiger partial charge is 0.493 e. The maximum Gasteiger partial charge on any atom is 0.387 e. The summed E-state index contributed by atoms with van der Waals surface area (Å²) in [7, 11) is 1.31. The van der Waals surface area contributed by atoms with Crippen LogP contribution in [-0.4, -0.2) is 28.8 Å². The summed E-state index contributed by atoms with van der Waals surface area (Å²) >= 11 is 0. The first kappa shape index (κ1) is 20.0. The van der Waals surface area contributed by atoms with E-state index in [-0.39, 0.29) is 41.3 Å². The van der Waals surface area contributed by atoms with Crippen LogP contribution in [0.2, 0.25) is 0 Å². The number of alkyl halides is 2. The van der Waals surface area contributed by atoms with Gasteiger partial charge in [0.2, 0.25) is 5.82 Å². The molecule has 3 rings (SSSR count). The number of rotatable bonds is 8. The number of hydrogen-bond donors (Lipinski definition) is 0. The zero-order chi connectivity index (χ0) is 21.0. The van der Waals surface area contributed by atoms with Gasteiger partial charge in [-0.1, -0.05) is 11.2 Å². The van der Waals surface area contributed by atoms with Crippen LogP contribution in [0.1, 0.15) is 11.5 Å². The second-order valence-electron chi connectivity index (χ2n) is 5.77. The van der Waals surface area contributed by atoms with E-state index in [0.29, 0.717) is 5.56 Å². The maximum atomic E-state index is 12.4. The molecule has 152 valence electrons. The summed E-state index contributed by atoms with van der Waals surface area (Å²) in [5, 5.41) is 14.9. The SMILES string of the molecule is COc1cc(-c2noc(COc3cc(C)ccc3[N+](=O)[O-])n2)ccc1OC(F)F. The van der Waals surface area contributed by atoms with Crippen molar-refractivity contribution in [1.82, 2.24) is 10.1 Å². The smallest absolute Gasteiger partial charge is 0.387 e. The number of aryl methyl sites for hydroxylation is 1. The highest BCUT2D eigenvalue weighted by Crippen LogP contribution is 2.33. The van der Waals surface area contributed by atoms with Gasteiger partial charge in [0.1, 0.15) is 0 Å². The zero-order valence-electron chi connectivity index (χ0n) is 15.3. The standard InChI is InChI=1S/C18H15F2N3O6/c1-10-3-5-12(23(24)25)14(7-10)27-9-16-21-17(22-29-16)11-4-6-13(28-18(19)20)15(8-11)26-2/h3-8,18H,9H2,1-2H3. The van der Waals surface area contributed by atoms with E-state index in [9.17, 15) is 18.9 Å². The first-order chi connectivity index (χ1) is 13.9. The van der Waals surface area contributed by atoms with Crippen LogP contribution in [0.5, 0.6) is 17.2 Å². The molecular formula is C18H15F2N3O6. The van der Waals surface area contributed by atoms with Gasteiger partial charge in [0, 0.05) is 11.6 Å². The van der Waals surface area contributed by atoms with E-state index in [0.717, 1.165) is 5.56 Å². The number of nitro groups is 1. The Morgan fingerprint density at radius 3 is 2.66 bits per heavy atom. The lowest BCUT2D eigenvalue weighted by molar-refractivity contribution is -0.386. The minimum absolute atomic E-state index is 0.0702. The molecule has 0 unspecified atom stereocenters. The van der Waals surface area contributed by atoms with Gasteiger partial charge in [-0.3, -0.25) is 10.1 Å². The second-order valence-corrected chi connectivity index (χ2v) is 5.77. The second kappa shape index (κ2) is 8.50. The molecule has 0 spiro atoms. The van der Waals surface area contributed by atoms with E-state index in [2.05, 4.69) is 14.9 Å². The molecule has 29 heavy (non-hydrogen) atoms. The van der Waals surface area contributed by atoms with E-state index < -0.39 is 11.5 Å². The Balaban J connectivity index is 1.76. The van der Waals surface area contributed by atoms with Crippen LogP contribution < -0.4 is 14.2 Å². The molecule has 0 aliphatic rings. The highest BCUT2D eigenvalue weighted by Gasteiger charge is 2.18. The van der Waals surface area contributed by atoms with Crippen LogP contribution >= 0.6 is 0 Å². The summed E-state index contributed by atoms with van der Waals surface area (Å²) in [6.07, 6.45) is 0. The van der Waals surface area contributed by atoms with Gasteiger partial charge in [0.25, 0.3) is 5.89 Å². The van der Waals surface area contributed by atoms with Crippen molar-refractivity contribution in [1.29, 1.82) is 0 Å². The van der Waals surface area contributed by atoms with Gasteiger partial charge in [0.05, 0.1) is 12.0 Å². The molecule has 0 saturated heterocycles. The van der Waals surface area contributed by atoms with Crippen molar-refractivity contribution in [2.24, 2.45) is 0 Å². The molecule has 0 radical (unpaired) electrons.